The standard InChI is InChI=1S/C9H10Cl2N2O/c10-8-7(5-12-9(11)13-8)6-1-3-14-4-2-6/h5-6H,1-4H2. The Kier molecular flexibility index (Phi) is 3.21. The van der Waals surface area contributed by atoms with Crippen LogP contribution in [0.25, 0.3) is 0 Å². The van der Waals surface area contributed by atoms with E-state index in [-0.39, 0.29) is 5.28 Å². The summed E-state index contributed by atoms with van der Waals surface area (Å²) in [6.07, 6.45) is 3.67. The Bertz CT molecular complexity index is 327. The Morgan fingerprint density at radius 1 is 1.29 bits per heavy atom. The number of halogens is 2. The highest BCUT2D eigenvalue weighted by molar-refractivity contribution is 6.32. The smallest absolute Gasteiger partial charge is 0.223 e. The van der Waals surface area contributed by atoms with Gasteiger partial charge in [0.2, 0.25) is 5.28 Å². The molecule has 0 radical (unpaired) electrons. The maximum Gasteiger partial charge on any atom is 0.223 e. The van der Waals surface area contributed by atoms with E-state index in [1.54, 1.807) is 6.20 Å². The quantitative estimate of drug-likeness (QED) is 0.552. The van der Waals surface area contributed by atoms with Crippen LogP contribution in [0.3, 0.4) is 0 Å². The first-order chi connectivity index (χ1) is 6.77. The number of aromatic nitrogens is 2. The first kappa shape index (κ1) is 10.1. The fraction of sp³-hybridized carbons (Fsp3) is 0.556. The molecule has 0 aromatic carbocycles. The van der Waals surface area contributed by atoms with Gasteiger partial charge in [0, 0.05) is 25.0 Å². The molecule has 3 nitrogen and oxygen atoms in total. The molecule has 0 bridgehead atoms. The molecular weight excluding hydrogens is 223 g/mol. The Hall–Kier alpha value is -0.380. The zero-order valence-electron chi connectivity index (χ0n) is 7.54. The van der Waals surface area contributed by atoms with Crippen LogP contribution < -0.4 is 0 Å². The van der Waals surface area contributed by atoms with Gasteiger partial charge in [-0.05, 0) is 30.4 Å². The highest BCUT2D eigenvalue weighted by atomic mass is 35.5. The lowest BCUT2D eigenvalue weighted by Crippen LogP contribution is -2.15. The van der Waals surface area contributed by atoms with Gasteiger partial charge in [-0.1, -0.05) is 11.6 Å². The SMILES string of the molecule is Clc1ncc(C2CCOCC2)c(Cl)n1. The Morgan fingerprint density at radius 2 is 2.00 bits per heavy atom. The molecule has 0 N–H and O–H groups in total. The first-order valence-electron chi connectivity index (χ1n) is 4.53. The van der Waals surface area contributed by atoms with Crippen LogP contribution in [-0.4, -0.2) is 23.2 Å². The van der Waals surface area contributed by atoms with Gasteiger partial charge in [0.1, 0.15) is 5.15 Å². The Morgan fingerprint density at radius 3 is 2.64 bits per heavy atom. The Labute approximate surface area is 92.4 Å². The highest BCUT2D eigenvalue weighted by Crippen LogP contribution is 2.30. The number of rotatable bonds is 1. The van der Waals surface area contributed by atoms with Crippen molar-refractivity contribution in [1.29, 1.82) is 0 Å². The second-order valence-corrected chi connectivity index (χ2v) is 3.97. The monoisotopic (exact) mass is 232 g/mol. The largest absolute Gasteiger partial charge is 0.381 e. The lowest BCUT2D eigenvalue weighted by molar-refractivity contribution is 0.0852. The van der Waals surface area contributed by atoms with Gasteiger partial charge in [-0.15, -0.1) is 0 Å². The van der Waals surface area contributed by atoms with Crippen molar-refractivity contribution in [3.05, 3.63) is 22.2 Å². The van der Waals surface area contributed by atoms with E-state index >= 15 is 0 Å². The minimum Gasteiger partial charge on any atom is -0.381 e. The predicted octanol–water partition coefficient (Wildman–Crippen LogP) is 2.68. The van der Waals surface area contributed by atoms with E-state index in [2.05, 4.69) is 9.97 Å². The average Bonchev–Trinajstić information content (AvgIpc) is 2.19. The molecule has 0 spiro atoms. The molecule has 1 aliphatic heterocycles. The fourth-order valence-corrected chi connectivity index (χ4v) is 2.09. The van der Waals surface area contributed by atoms with Crippen LogP contribution in [-0.2, 0) is 4.74 Å². The van der Waals surface area contributed by atoms with E-state index < -0.39 is 0 Å². The molecule has 1 fully saturated rings. The number of ether oxygens (including phenoxy) is 1. The van der Waals surface area contributed by atoms with Gasteiger partial charge in [-0.2, -0.15) is 0 Å². The lowest BCUT2D eigenvalue weighted by Gasteiger charge is -2.22. The number of hydrogen-bond acceptors (Lipinski definition) is 3. The molecular formula is C9H10Cl2N2O. The summed E-state index contributed by atoms with van der Waals surface area (Å²) in [6, 6.07) is 0. The minimum absolute atomic E-state index is 0.200. The first-order valence-corrected chi connectivity index (χ1v) is 5.28. The summed E-state index contributed by atoms with van der Waals surface area (Å²) in [5.74, 6) is 0.411. The third kappa shape index (κ3) is 2.16. The summed E-state index contributed by atoms with van der Waals surface area (Å²) < 4.78 is 5.27. The van der Waals surface area contributed by atoms with E-state index in [1.807, 2.05) is 0 Å². The van der Waals surface area contributed by atoms with Crippen molar-refractivity contribution in [2.75, 3.05) is 13.2 Å². The van der Waals surface area contributed by atoms with E-state index in [0.29, 0.717) is 11.1 Å². The molecule has 0 atom stereocenters. The van der Waals surface area contributed by atoms with Crippen LogP contribution in [0.1, 0.15) is 24.3 Å². The van der Waals surface area contributed by atoms with E-state index in [9.17, 15) is 0 Å². The number of hydrogen-bond donors (Lipinski definition) is 0. The van der Waals surface area contributed by atoms with Crippen molar-refractivity contribution in [2.24, 2.45) is 0 Å². The molecule has 0 amide bonds. The minimum atomic E-state index is 0.200. The molecule has 1 saturated heterocycles. The molecule has 2 rings (SSSR count). The molecule has 14 heavy (non-hydrogen) atoms. The van der Waals surface area contributed by atoms with Gasteiger partial charge in [0.15, 0.2) is 0 Å². The van der Waals surface area contributed by atoms with Gasteiger partial charge in [0.25, 0.3) is 0 Å². The van der Waals surface area contributed by atoms with Gasteiger partial charge < -0.3 is 4.74 Å². The van der Waals surface area contributed by atoms with Crippen molar-refractivity contribution < 1.29 is 4.74 Å². The van der Waals surface area contributed by atoms with E-state index in [4.69, 9.17) is 27.9 Å². The second-order valence-electron chi connectivity index (χ2n) is 3.27. The molecule has 0 saturated carbocycles. The molecule has 1 aromatic rings. The number of nitrogens with zero attached hydrogens (tertiary/aromatic N) is 2. The summed E-state index contributed by atoms with van der Waals surface area (Å²) in [5.41, 5.74) is 0.986. The predicted molar refractivity (Wildman–Crippen MR) is 54.8 cm³/mol. The lowest BCUT2D eigenvalue weighted by atomic mass is 9.94. The molecule has 0 unspecified atom stereocenters. The van der Waals surface area contributed by atoms with Crippen molar-refractivity contribution in [2.45, 2.75) is 18.8 Å². The van der Waals surface area contributed by atoms with Gasteiger partial charge in [-0.25, -0.2) is 9.97 Å². The van der Waals surface area contributed by atoms with Crippen LogP contribution in [0.5, 0.6) is 0 Å². The van der Waals surface area contributed by atoms with Crippen LogP contribution in [0, 0.1) is 0 Å². The van der Waals surface area contributed by atoms with Crippen LogP contribution in [0.4, 0.5) is 0 Å². The molecule has 76 valence electrons. The zero-order chi connectivity index (χ0) is 9.97. The Balaban J connectivity index is 2.22. The van der Waals surface area contributed by atoms with Gasteiger partial charge in [-0.3, -0.25) is 0 Å². The van der Waals surface area contributed by atoms with E-state index in [1.165, 1.54) is 0 Å². The summed E-state index contributed by atoms with van der Waals surface area (Å²) in [4.78, 5) is 7.87. The zero-order valence-corrected chi connectivity index (χ0v) is 9.05. The topological polar surface area (TPSA) is 35.0 Å². The molecule has 1 aromatic heterocycles. The highest BCUT2D eigenvalue weighted by Gasteiger charge is 2.19. The molecule has 5 heteroatoms. The van der Waals surface area contributed by atoms with Crippen molar-refractivity contribution >= 4 is 23.2 Å². The fourth-order valence-electron chi connectivity index (χ4n) is 1.63. The maximum absolute atomic E-state index is 5.99. The summed E-state index contributed by atoms with van der Waals surface area (Å²) in [5, 5.41) is 0.669. The van der Waals surface area contributed by atoms with Crippen LogP contribution in [0.15, 0.2) is 6.20 Å². The molecule has 1 aliphatic rings. The van der Waals surface area contributed by atoms with Crippen molar-refractivity contribution in [3.8, 4) is 0 Å². The van der Waals surface area contributed by atoms with Crippen LogP contribution >= 0.6 is 23.2 Å². The van der Waals surface area contributed by atoms with E-state index in [0.717, 1.165) is 31.6 Å². The summed E-state index contributed by atoms with van der Waals surface area (Å²) in [6.45, 7) is 1.56. The third-order valence-corrected chi connectivity index (χ3v) is 2.88. The normalized spacial score (nSPS) is 18.4. The average molecular weight is 233 g/mol. The van der Waals surface area contributed by atoms with Gasteiger partial charge in [0.05, 0.1) is 0 Å². The van der Waals surface area contributed by atoms with Crippen molar-refractivity contribution in [1.82, 2.24) is 9.97 Å². The molecule has 0 aliphatic carbocycles. The van der Waals surface area contributed by atoms with Gasteiger partial charge >= 0.3 is 0 Å². The van der Waals surface area contributed by atoms with Crippen molar-refractivity contribution in [3.63, 3.8) is 0 Å². The maximum atomic E-state index is 5.99. The second kappa shape index (κ2) is 4.43. The summed E-state index contributed by atoms with van der Waals surface area (Å²) >= 11 is 11.6. The molecule has 2 heterocycles. The summed E-state index contributed by atoms with van der Waals surface area (Å²) in [7, 11) is 0. The third-order valence-electron chi connectivity index (χ3n) is 2.40. The van der Waals surface area contributed by atoms with Crippen LogP contribution in [0.2, 0.25) is 10.4 Å².